The summed E-state index contributed by atoms with van der Waals surface area (Å²) in [6.45, 7) is 8.16. The quantitative estimate of drug-likeness (QED) is 0.0888. The maximum atomic E-state index is 14.2. The average Bonchev–Trinajstić information content (AvgIpc) is 4.08. The zero-order chi connectivity index (χ0) is 40.6. The minimum Gasteiger partial charge on any atom is -0.491 e. The summed E-state index contributed by atoms with van der Waals surface area (Å²) in [7, 11) is -0.248. The van der Waals surface area contributed by atoms with Crippen molar-refractivity contribution in [2.75, 3.05) is 27.2 Å². The molecule has 2 aliphatic carbocycles. The second-order valence-corrected chi connectivity index (χ2v) is 17.6. The van der Waals surface area contributed by atoms with Gasteiger partial charge in [-0.1, -0.05) is 18.2 Å². The number of furan rings is 1. The lowest BCUT2D eigenvalue weighted by Gasteiger charge is -2.26. The Morgan fingerprint density at radius 1 is 1.12 bits per heavy atom. The molecule has 4 aromatic rings. The third kappa shape index (κ3) is 8.54. The number of nitrogens with zero attached hydrogens (tertiary/aromatic N) is 4. The Kier molecular flexibility index (Phi) is 11.2. The Balaban J connectivity index is 1.17. The largest absolute Gasteiger partial charge is 0.491 e. The maximum Gasteiger partial charge on any atom is 0.262 e. The van der Waals surface area contributed by atoms with Crippen molar-refractivity contribution < 1.29 is 36.7 Å². The lowest BCUT2D eigenvalue weighted by Crippen LogP contribution is -2.56. The van der Waals surface area contributed by atoms with E-state index >= 15 is 0 Å². The number of para-hydroxylation sites is 1. The zero-order valence-electron chi connectivity index (χ0n) is 32.3. The summed E-state index contributed by atoms with van der Waals surface area (Å²) in [5.74, 6) is -0.997. The van der Waals surface area contributed by atoms with Crippen LogP contribution in [0.5, 0.6) is 11.6 Å². The number of thiocarbonyl (C=S) groups is 1. The van der Waals surface area contributed by atoms with E-state index in [9.17, 15) is 22.8 Å². The van der Waals surface area contributed by atoms with E-state index in [1.807, 2.05) is 76.5 Å². The highest BCUT2D eigenvalue weighted by molar-refractivity contribution is 7.91. The van der Waals surface area contributed by atoms with Gasteiger partial charge in [0.1, 0.15) is 34.5 Å². The van der Waals surface area contributed by atoms with Crippen LogP contribution in [0.4, 0.5) is 0 Å². The van der Waals surface area contributed by atoms with Crippen LogP contribution in [0.3, 0.4) is 0 Å². The van der Waals surface area contributed by atoms with Gasteiger partial charge in [-0.3, -0.25) is 19.1 Å². The Hall–Kier alpha value is -5.29. The fraction of sp³-hybridized carbons (Fsp3) is 0.450. The minimum absolute atomic E-state index is 0.00121. The molecule has 2 saturated carbocycles. The van der Waals surface area contributed by atoms with Gasteiger partial charge in [-0.15, -0.1) is 6.58 Å². The van der Waals surface area contributed by atoms with Gasteiger partial charge in [0.05, 0.1) is 17.9 Å². The molecule has 0 spiro atoms. The van der Waals surface area contributed by atoms with Crippen molar-refractivity contribution in [3.8, 4) is 23.0 Å². The van der Waals surface area contributed by atoms with E-state index in [-0.39, 0.29) is 43.7 Å². The Morgan fingerprint density at radius 3 is 2.53 bits per heavy atom. The molecule has 1 aliphatic heterocycles. The molecule has 7 rings (SSSR count). The summed E-state index contributed by atoms with van der Waals surface area (Å²) in [5.41, 5.74) is 0.626. The van der Waals surface area contributed by atoms with Crippen molar-refractivity contribution in [3.05, 3.63) is 61.2 Å². The number of carbonyl (C=O) groups is 3. The number of amides is 3. The number of carbonyl (C=O) groups excluding carboxylic acids is 3. The second-order valence-electron chi connectivity index (χ2n) is 15.3. The van der Waals surface area contributed by atoms with Crippen LogP contribution in [0.1, 0.15) is 52.4 Å². The van der Waals surface area contributed by atoms with E-state index in [0.717, 1.165) is 5.39 Å². The molecular weight excluding hydrogens is 771 g/mol. The van der Waals surface area contributed by atoms with Crippen molar-refractivity contribution in [3.63, 3.8) is 0 Å². The average molecular weight is 818 g/mol. The van der Waals surface area contributed by atoms with Gasteiger partial charge in [0.25, 0.3) is 11.8 Å². The summed E-state index contributed by atoms with van der Waals surface area (Å²) >= 11 is 5.31. The normalized spacial score (nSPS) is 21.6. The van der Waals surface area contributed by atoms with E-state index in [1.165, 1.54) is 11.0 Å². The number of fused-ring (bicyclic) bond motifs is 3. The minimum atomic E-state index is -3.88. The molecule has 3 heterocycles. The number of benzene rings is 2. The summed E-state index contributed by atoms with van der Waals surface area (Å²) in [6.07, 6.45) is 2.50. The zero-order valence-corrected chi connectivity index (χ0v) is 34.0. The van der Waals surface area contributed by atoms with Crippen LogP contribution < -0.4 is 24.8 Å². The third-order valence-electron chi connectivity index (χ3n) is 10.3. The lowest BCUT2D eigenvalue weighted by molar-refractivity contribution is -0.139. The molecule has 57 heavy (non-hydrogen) atoms. The van der Waals surface area contributed by atoms with Gasteiger partial charge in [0.2, 0.25) is 27.4 Å². The first kappa shape index (κ1) is 39.9. The van der Waals surface area contributed by atoms with Crippen molar-refractivity contribution >= 4 is 67.1 Å². The van der Waals surface area contributed by atoms with Crippen LogP contribution in [-0.2, 0) is 24.4 Å². The Labute approximate surface area is 336 Å². The van der Waals surface area contributed by atoms with Gasteiger partial charge in [-0.2, -0.15) is 4.98 Å². The summed E-state index contributed by atoms with van der Waals surface area (Å²) in [5, 5.41) is 6.59. The van der Waals surface area contributed by atoms with E-state index in [2.05, 4.69) is 21.9 Å². The van der Waals surface area contributed by atoms with Crippen molar-refractivity contribution in [2.45, 2.75) is 81.4 Å². The molecule has 4 atom stereocenters. The second kappa shape index (κ2) is 15.9. The molecule has 2 aromatic heterocycles. The van der Waals surface area contributed by atoms with Crippen LogP contribution in [0.2, 0.25) is 0 Å². The first-order chi connectivity index (χ1) is 27.2. The van der Waals surface area contributed by atoms with Crippen molar-refractivity contribution in [2.24, 2.45) is 5.92 Å². The molecule has 3 amide bonds. The van der Waals surface area contributed by atoms with Gasteiger partial charge >= 0.3 is 0 Å². The molecule has 0 unspecified atom stereocenters. The molecule has 2 aromatic carbocycles. The summed E-state index contributed by atoms with van der Waals surface area (Å²) < 4.78 is 46.2. The standard InChI is InChI=1S/C40H47N7O8S2/c1-6-25-21-40(25,38(50)45-57(51,52)28-17-18-28)44-36(49)30-20-27(22-47(30)32(48)12-9-19-41-39(56)46(4)5)54-37-34-33(29-10-7-8-11-31(29)55-34)42-35(43-37)24-13-15-26(16-14-24)53-23(2)3/h6-8,10-11,13-16,23,25,27-28,30H,1,9,12,17-22H2,2-5H3,(H,41,56)(H,44,49)(H,45,50)/t25-,27-,30+,40+/m1/s1. The molecule has 0 radical (unpaired) electrons. The molecule has 17 heteroatoms. The first-order valence-electron chi connectivity index (χ1n) is 19.1. The van der Waals surface area contributed by atoms with Gasteiger partial charge in [-0.25, -0.2) is 13.4 Å². The number of likely N-dealkylation sites (tertiary alicyclic amines) is 1. The molecule has 1 saturated heterocycles. The van der Waals surface area contributed by atoms with E-state index in [0.29, 0.717) is 64.7 Å². The number of ether oxygens (including phenoxy) is 2. The van der Waals surface area contributed by atoms with E-state index in [1.54, 1.807) is 4.90 Å². The van der Waals surface area contributed by atoms with Crippen LogP contribution in [0.15, 0.2) is 65.6 Å². The van der Waals surface area contributed by atoms with Gasteiger partial charge in [-0.05, 0) is 88.1 Å². The number of rotatable bonds is 15. The van der Waals surface area contributed by atoms with Crippen molar-refractivity contribution in [1.29, 1.82) is 0 Å². The predicted octanol–water partition coefficient (Wildman–Crippen LogP) is 4.06. The molecule has 0 bridgehead atoms. The first-order valence-corrected chi connectivity index (χ1v) is 21.0. The number of aromatic nitrogens is 2. The fourth-order valence-corrected chi connectivity index (χ4v) is 8.52. The van der Waals surface area contributed by atoms with E-state index < -0.39 is 50.7 Å². The molecule has 302 valence electrons. The highest BCUT2D eigenvalue weighted by atomic mass is 32.2. The van der Waals surface area contributed by atoms with Gasteiger partial charge in [0.15, 0.2) is 10.9 Å². The summed E-state index contributed by atoms with van der Waals surface area (Å²) in [6, 6.07) is 13.8. The van der Waals surface area contributed by atoms with Gasteiger partial charge in [0, 0.05) is 50.3 Å². The molecular formula is C40H47N7O8S2. The summed E-state index contributed by atoms with van der Waals surface area (Å²) in [4.78, 5) is 54.5. The van der Waals surface area contributed by atoms with Crippen LogP contribution in [0, 0.1) is 5.92 Å². The predicted molar refractivity (Wildman–Crippen MR) is 218 cm³/mol. The van der Waals surface area contributed by atoms with Crippen molar-refractivity contribution in [1.82, 2.24) is 35.1 Å². The Morgan fingerprint density at radius 2 is 1.86 bits per heavy atom. The molecule has 15 nitrogen and oxygen atoms in total. The lowest BCUT2D eigenvalue weighted by atomic mass is 10.1. The highest BCUT2D eigenvalue weighted by Crippen LogP contribution is 2.45. The third-order valence-corrected chi connectivity index (χ3v) is 12.7. The number of nitrogens with one attached hydrogen (secondary N) is 3. The van der Waals surface area contributed by atoms with E-state index in [4.69, 9.17) is 36.1 Å². The van der Waals surface area contributed by atoms with Crippen LogP contribution in [-0.4, -0.2) is 107 Å². The monoisotopic (exact) mass is 817 g/mol. The molecule has 3 fully saturated rings. The maximum absolute atomic E-state index is 14.2. The molecule has 3 aliphatic rings. The highest BCUT2D eigenvalue weighted by Gasteiger charge is 2.62. The number of hydrogen-bond acceptors (Lipinski definition) is 11. The van der Waals surface area contributed by atoms with Gasteiger partial charge < -0.3 is 34.3 Å². The Bertz CT molecular complexity index is 2330. The molecule has 3 N–H and O–H groups in total. The van der Waals surface area contributed by atoms with Crippen LogP contribution in [0.25, 0.3) is 33.5 Å². The number of sulfonamides is 1. The van der Waals surface area contributed by atoms with Crippen LogP contribution >= 0.6 is 12.2 Å². The fourth-order valence-electron chi connectivity index (χ4n) is 7.05. The topological polar surface area (TPSA) is 185 Å². The SMILES string of the molecule is C=C[C@@H]1C[C@@]1(NC(=O)[C@@H]1C[C@@H](Oc2nc(-c3ccc(OC(C)C)cc3)nc3c2oc2ccccc23)CN1C(=O)CCCNC(=S)N(C)C)C(=O)NS(=O)(=O)C1CC1. The smallest absolute Gasteiger partial charge is 0.262 e. The number of hydrogen-bond donors (Lipinski definition) is 3.